The van der Waals surface area contributed by atoms with Crippen LogP contribution in [0.15, 0.2) is 0 Å². The molecule has 0 heterocycles. The van der Waals surface area contributed by atoms with Crippen LogP contribution in [-0.4, -0.2) is 11.8 Å². The Morgan fingerprint density at radius 3 is 2.00 bits per heavy atom. The third-order valence-electron chi connectivity index (χ3n) is 2.09. The summed E-state index contributed by atoms with van der Waals surface area (Å²) in [5.74, 6) is -7.85. The molecule has 11 heavy (non-hydrogen) atoms. The molecule has 0 amide bonds. The van der Waals surface area contributed by atoms with Crippen molar-refractivity contribution < 1.29 is 17.6 Å². The van der Waals surface area contributed by atoms with Crippen molar-refractivity contribution in [3.63, 3.8) is 0 Å². The first-order valence-electron chi connectivity index (χ1n) is 3.61. The number of hydrogen-bond acceptors (Lipinski definition) is 0. The lowest BCUT2D eigenvalue weighted by Gasteiger charge is -2.33. The molecule has 0 bridgehead atoms. The standard InChI is InChI=1S/C7H10F4/c1-5-2-3-6(8,9)7(10,11)4-5/h5H,2-4H2,1H3. The van der Waals surface area contributed by atoms with Gasteiger partial charge in [-0.3, -0.25) is 0 Å². The first kappa shape index (κ1) is 8.81. The summed E-state index contributed by atoms with van der Waals surface area (Å²) in [6.07, 6.45) is -1.16. The predicted octanol–water partition coefficient (Wildman–Crippen LogP) is 3.08. The van der Waals surface area contributed by atoms with Crippen LogP contribution in [0.4, 0.5) is 17.6 Å². The van der Waals surface area contributed by atoms with Gasteiger partial charge in [-0.2, -0.15) is 17.6 Å². The summed E-state index contributed by atoms with van der Waals surface area (Å²) in [6.45, 7) is 1.57. The van der Waals surface area contributed by atoms with E-state index in [1.807, 2.05) is 0 Å². The molecule has 1 unspecified atom stereocenters. The molecule has 0 saturated heterocycles. The normalized spacial score (nSPS) is 35.2. The van der Waals surface area contributed by atoms with Gasteiger partial charge in [-0.25, -0.2) is 0 Å². The molecule has 1 saturated carbocycles. The molecule has 1 rings (SSSR count). The van der Waals surface area contributed by atoms with Crippen LogP contribution >= 0.6 is 0 Å². The van der Waals surface area contributed by atoms with Crippen molar-refractivity contribution in [3.8, 4) is 0 Å². The molecule has 0 nitrogen and oxygen atoms in total. The van der Waals surface area contributed by atoms with Crippen molar-refractivity contribution >= 4 is 0 Å². The molecule has 0 spiro atoms. The van der Waals surface area contributed by atoms with E-state index < -0.39 is 24.7 Å². The van der Waals surface area contributed by atoms with E-state index >= 15 is 0 Å². The van der Waals surface area contributed by atoms with Crippen LogP contribution < -0.4 is 0 Å². The van der Waals surface area contributed by atoms with Crippen LogP contribution in [0.1, 0.15) is 26.2 Å². The van der Waals surface area contributed by atoms with Crippen LogP contribution in [0.25, 0.3) is 0 Å². The van der Waals surface area contributed by atoms with E-state index in [4.69, 9.17) is 0 Å². The second-order valence-corrected chi connectivity index (χ2v) is 3.26. The van der Waals surface area contributed by atoms with Gasteiger partial charge in [0.15, 0.2) is 0 Å². The monoisotopic (exact) mass is 170 g/mol. The molecule has 0 aliphatic heterocycles. The highest BCUT2D eigenvalue weighted by molar-refractivity contribution is 4.90. The fourth-order valence-electron chi connectivity index (χ4n) is 1.30. The molecule has 1 aliphatic carbocycles. The van der Waals surface area contributed by atoms with E-state index in [1.54, 1.807) is 6.92 Å². The van der Waals surface area contributed by atoms with Crippen molar-refractivity contribution in [3.05, 3.63) is 0 Å². The fraction of sp³-hybridized carbons (Fsp3) is 1.00. The second kappa shape index (κ2) is 2.35. The Morgan fingerprint density at radius 1 is 1.09 bits per heavy atom. The third-order valence-corrected chi connectivity index (χ3v) is 2.09. The molecule has 4 heteroatoms. The third kappa shape index (κ3) is 1.49. The van der Waals surface area contributed by atoms with Gasteiger partial charge >= 0.3 is 11.8 Å². The lowest BCUT2D eigenvalue weighted by molar-refractivity contribution is -0.236. The zero-order chi connectivity index (χ0) is 8.70. The van der Waals surface area contributed by atoms with E-state index in [9.17, 15) is 17.6 Å². The van der Waals surface area contributed by atoms with Gasteiger partial charge in [-0.1, -0.05) is 6.92 Å². The molecular weight excluding hydrogens is 160 g/mol. The van der Waals surface area contributed by atoms with Crippen molar-refractivity contribution in [1.82, 2.24) is 0 Å². The van der Waals surface area contributed by atoms with E-state index in [1.165, 1.54) is 0 Å². The summed E-state index contributed by atoms with van der Waals surface area (Å²) in [6, 6.07) is 0. The Balaban J connectivity index is 2.72. The SMILES string of the molecule is CC1CCC(F)(F)C(F)(F)C1. The van der Waals surface area contributed by atoms with Gasteiger partial charge in [0.2, 0.25) is 0 Å². The Labute approximate surface area is 62.6 Å². The Hall–Kier alpha value is -0.280. The van der Waals surface area contributed by atoms with E-state index in [-0.39, 0.29) is 12.3 Å². The van der Waals surface area contributed by atoms with Crippen molar-refractivity contribution in [1.29, 1.82) is 0 Å². The van der Waals surface area contributed by atoms with Crippen LogP contribution in [0.2, 0.25) is 0 Å². The summed E-state index contributed by atoms with van der Waals surface area (Å²) in [5.41, 5.74) is 0. The highest BCUT2D eigenvalue weighted by atomic mass is 19.3. The smallest absolute Gasteiger partial charge is 0.200 e. The maximum Gasteiger partial charge on any atom is 0.310 e. The average Bonchev–Trinajstić information content (AvgIpc) is 1.80. The Kier molecular flexibility index (Phi) is 1.89. The number of alkyl halides is 4. The van der Waals surface area contributed by atoms with Crippen molar-refractivity contribution in [2.45, 2.75) is 38.0 Å². The van der Waals surface area contributed by atoms with Crippen molar-refractivity contribution in [2.24, 2.45) is 5.92 Å². The lowest BCUT2D eigenvalue weighted by Crippen LogP contribution is -2.45. The van der Waals surface area contributed by atoms with Crippen LogP contribution in [0, 0.1) is 5.92 Å². The van der Waals surface area contributed by atoms with Gasteiger partial charge in [-0.05, 0) is 12.3 Å². The number of hydrogen-bond donors (Lipinski definition) is 0. The van der Waals surface area contributed by atoms with Gasteiger partial charge in [0.1, 0.15) is 0 Å². The highest BCUT2D eigenvalue weighted by Gasteiger charge is 2.58. The van der Waals surface area contributed by atoms with Crippen LogP contribution in [0.3, 0.4) is 0 Å². The lowest BCUT2D eigenvalue weighted by atomic mass is 9.85. The first-order valence-corrected chi connectivity index (χ1v) is 3.61. The summed E-state index contributed by atoms with van der Waals surface area (Å²) in [7, 11) is 0. The number of halogens is 4. The molecule has 0 aromatic rings. The minimum atomic E-state index is -3.79. The summed E-state index contributed by atoms with van der Waals surface area (Å²) < 4.78 is 49.8. The van der Waals surface area contributed by atoms with Crippen LogP contribution in [-0.2, 0) is 0 Å². The molecule has 0 aromatic heterocycles. The fourth-order valence-corrected chi connectivity index (χ4v) is 1.30. The molecule has 0 aromatic carbocycles. The molecule has 0 radical (unpaired) electrons. The van der Waals surface area contributed by atoms with E-state index in [0.29, 0.717) is 0 Å². The molecular formula is C7H10F4. The largest absolute Gasteiger partial charge is 0.310 e. The second-order valence-electron chi connectivity index (χ2n) is 3.26. The minimum absolute atomic E-state index is 0.197. The zero-order valence-corrected chi connectivity index (χ0v) is 6.21. The molecule has 1 atom stereocenters. The summed E-state index contributed by atoms with van der Waals surface area (Å²) in [4.78, 5) is 0. The zero-order valence-electron chi connectivity index (χ0n) is 6.21. The maximum atomic E-state index is 12.5. The highest BCUT2D eigenvalue weighted by Crippen LogP contribution is 2.47. The van der Waals surface area contributed by atoms with E-state index in [0.717, 1.165) is 0 Å². The quantitative estimate of drug-likeness (QED) is 0.490. The topological polar surface area (TPSA) is 0 Å². The van der Waals surface area contributed by atoms with Crippen molar-refractivity contribution in [2.75, 3.05) is 0 Å². The average molecular weight is 170 g/mol. The molecule has 1 aliphatic rings. The van der Waals surface area contributed by atoms with Gasteiger partial charge in [-0.15, -0.1) is 0 Å². The molecule has 66 valence electrons. The molecule has 0 N–H and O–H groups in total. The maximum absolute atomic E-state index is 12.5. The molecule has 1 fully saturated rings. The Bertz CT molecular complexity index is 153. The first-order chi connectivity index (χ1) is 4.85. The summed E-state index contributed by atoms with van der Waals surface area (Å²) in [5, 5.41) is 0. The van der Waals surface area contributed by atoms with Gasteiger partial charge in [0.05, 0.1) is 0 Å². The minimum Gasteiger partial charge on any atom is -0.200 e. The Morgan fingerprint density at radius 2 is 1.64 bits per heavy atom. The van der Waals surface area contributed by atoms with Crippen LogP contribution in [0.5, 0.6) is 0 Å². The van der Waals surface area contributed by atoms with Gasteiger partial charge in [0, 0.05) is 12.8 Å². The predicted molar refractivity (Wildman–Crippen MR) is 32.9 cm³/mol. The number of rotatable bonds is 0. The van der Waals surface area contributed by atoms with Gasteiger partial charge in [0.25, 0.3) is 0 Å². The van der Waals surface area contributed by atoms with Gasteiger partial charge < -0.3 is 0 Å². The summed E-state index contributed by atoms with van der Waals surface area (Å²) >= 11 is 0. The van der Waals surface area contributed by atoms with E-state index in [2.05, 4.69) is 0 Å².